The van der Waals surface area contributed by atoms with Gasteiger partial charge in [-0.1, -0.05) is 29.3 Å². The third kappa shape index (κ3) is 4.53. The first-order valence-corrected chi connectivity index (χ1v) is 9.26. The fourth-order valence-electron chi connectivity index (χ4n) is 3.00. The average Bonchev–Trinajstić information content (AvgIpc) is 2.75. The van der Waals surface area contributed by atoms with Crippen LogP contribution in [0, 0.1) is 13.8 Å². The van der Waals surface area contributed by atoms with E-state index in [2.05, 4.69) is 11.0 Å². The van der Waals surface area contributed by atoms with Crippen LogP contribution >= 0.6 is 0 Å². The van der Waals surface area contributed by atoms with Gasteiger partial charge in [0.15, 0.2) is 9.84 Å². The van der Waals surface area contributed by atoms with Crippen LogP contribution < -0.4 is 0 Å². The maximum absolute atomic E-state index is 11.5. The average molecular weight is 311 g/mol. The molecule has 4 nitrogen and oxygen atoms in total. The summed E-state index contributed by atoms with van der Waals surface area (Å²) in [4.78, 5) is 2.07. The molecule has 1 N–H and O–H groups in total. The number of hydrogen-bond acceptors (Lipinski definition) is 4. The van der Waals surface area contributed by atoms with Gasteiger partial charge >= 0.3 is 0 Å². The molecule has 1 saturated heterocycles. The summed E-state index contributed by atoms with van der Waals surface area (Å²) >= 11 is 0. The number of rotatable bonds is 5. The number of aliphatic hydroxyl groups excluding tert-OH is 1. The molecular formula is C16H25NO3S. The van der Waals surface area contributed by atoms with Gasteiger partial charge in [0.05, 0.1) is 17.6 Å². The Kier molecular flexibility index (Phi) is 5.07. The molecule has 0 aromatic heterocycles. The summed E-state index contributed by atoms with van der Waals surface area (Å²) in [5.74, 6) is 0.546. The van der Waals surface area contributed by atoms with Gasteiger partial charge < -0.3 is 10.0 Å². The van der Waals surface area contributed by atoms with Crippen LogP contribution in [0.15, 0.2) is 18.2 Å². The third-order valence-corrected chi connectivity index (χ3v) is 5.97. The van der Waals surface area contributed by atoms with E-state index in [0.29, 0.717) is 25.1 Å². The first-order valence-electron chi connectivity index (χ1n) is 7.44. The van der Waals surface area contributed by atoms with Gasteiger partial charge in [0.2, 0.25) is 0 Å². The second-order valence-corrected chi connectivity index (χ2v) is 8.49. The third-order valence-electron chi connectivity index (χ3n) is 4.22. The molecule has 118 valence electrons. The first-order chi connectivity index (χ1) is 9.77. The van der Waals surface area contributed by atoms with Gasteiger partial charge in [-0.25, -0.2) is 8.42 Å². The van der Waals surface area contributed by atoms with Gasteiger partial charge in [0.25, 0.3) is 0 Å². The summed E-state index contributed by atoms with van der Waals surface area (Å²) in [7, 11) is -0.902. The maximum Gasteiger partial charge on any atom is 0.151 e. The van der Waals surface area contributed by atoms with Crippen molar-refractivity contribution in [3.05, 3.63) is 34.9 Å². The quantitative estimate of drug-likeness (QED) is 0.901. The topological polar surface area (TPSA) is 57.6 Å². The van der Waals surface area contributed by atoms with Crippen LogP contribution in [0.5, 0.6) is 0 Å². The van der Waals surface area contributed by atoms with E-state index >= 15 is 0 Å². The zero-order valence-corrected chi connectivity index (χ0v) is 13.9. The van der Waals surface area contributed by atoms with E-state index < -0.39 is 15.9 Å². The molecule has 2 unspecified atom stereocenters. The van der Waals surface area contributed by atoms with Gasteiger partial charge in [-0.05, 0) is 39.3 Å². The van der Waals surface area contributed by atoms with E-state index in [1.54, 1.807) is 0 Å². The lowest BCUT2D eigenvalue weighted by atomic mass is 10.0. The fourth-order valence-corrected chi connectivity index (χ4v) is 4.81. The number of nitrogens with zero attached hydrogens (tertiary/aromatic N) is 1. The lowest BCUT2D eigenvalue weighted by Gasteiger charge is -2.24. The molecule has 21 heavy (non-hydrogen) atoms. The van der Waals surface area contributed by atoms with Gasteiger partial charge in [-0.15, -0.1) is 0 Å². The highest BCUT2D eigenvalue weighted by Gasteiger charge is 2.30. The largest absolute Gasteiger partial charge is 0.388 e. The summed E-state index contributed by atoms with van der Waals surface area (Å²) in [5.41, 5.74) is 3.25. The van der Waals surface area contributed by atoms with Gasteiger partial charge in [-0.3, -0.25) is 0 Å². The van der Waals surface area contributed by atoms with Crippen molar-refractivity contribution in [1.29, 1.82) is 0 Å². The second-order valence-electron chi connectivity index (χ2n) is 6.26. The standard InChI is InChI=1S/C16H25NO3S/c1-12-8-13(2)10-14(9-12)16(18)4-6-17(3)15-5-7-21(19,20)11-15/h8-10,15-16,18H,4-7,11H2,1-3H3. The minimum Gasteiger partial charge on any atom is -0.388 e. The molecule has 0 saturated carbocycles. The first kappa shape index (κ1) is 16.5. The predicted octanol–water partition coefficient (Wildman–Crippen LogP) is 1.85. The fraction of sp³-hybridized carbons (Fsp3) is 0.625. The van der Waals surface area contributed by atoms with Crippen LogP contribution in [-0.2, 0) is 9.84 Å². The SMILES string of the molecule is Cc1cc(C)cc(C(O)CCN(C)C2CCS(=O)(=O)C2)c1. The highest BCUT2D eigenvalue weighted by Crippen LogP contribution is 2.22. The number of benzene rings is 1. The Hall–Kier alpha value is -0.910. The number of aryl methyl sites for hydroxylation is 2. The molecule has 5 heteroatoms. The Bertz CT molecular complexity index is 577. The zero-order valence-electron chi connectivity index (χ0n) is 13.0. The van der Waals surface area contributed by atoms with Crippen molar-refractivity contribution in [2.45, 2.75) is 38.8 Å². The van der Waals surface area contributed by atoms with Crippen LogP contribution in [0.2, 0.25) is 0 Å². The molecule has 0 amide bonds. The van der Waals surface area contributed by atoms with E-state index in [0.717, 1.165) is 16.7 Å². The monoisotopic (exact) mass is 311 g/mol. The predicted molar refractivity (Wildman–Crippen MR) is 85.2 cm³/mol. The van der Waals surface area contributed by atoms with E-state index in [4.69, 9.17) is 0 Å². The lowest BCUT2D eigenvalue weighted by molar-refractivity contribution is 0.139. The van der Waals surface area contributed by atoms with Crippen molar-refractivity contribution >= 4 is 9.84 Å². The molecule has 1 heterocycles. The van der Waals surface area contributed by atoms with Crippen molar-refractivity contribution < 1.29 is 13.5 Å². The minimum atomic E-state index is -2.85. The van der Waals surface area contributed by atoms with Crippen molar-refractivity contribution in [3.8, 4) is 0 Å². The van der Waals surface area contributed by atoms with Crippen molar-refractivity contribution in [1.82, 2.24) is 4.90 Å². The van der Waals surface area contributed by atoms with Crippen LogP contribution in [0.25, 0.3) is 0 Å². The molecule has 1 fully saturated rings. The van der Waals surface area contributed by atoms with Crippen LogP contribution in [0.1, 0.15) is 35.6 Å². The number of hydrogen-bond donors (Lipinski definition) is 1. The summed E-state index contributed by atoms with van der Waals surface area (Å²) < 4.78 is 23.0. The Morgan fingerprint density at radius 1 is 1.29 bits per heavy atom. The van der Waals surface area contributed by atoms with Gasteiger partial charge in [-0.2, -0.15) is 0 Å². The summed E-state index contributed by atoms with van der Waals surface area (Å²) in [6.07, 6.45) is 0.832. The lowest BCUT2D eigenvalue weighted by Crippen LogP contribution is -2.34. The summed E-state index contributed by atoms with van der Waals surface area (Å²) in [6.45, 7) is 4.76. The van der Waals surface area contributed by atoms with Crippen LogP contribution in [0.4, 0.5) is 0 Å². The molecule has 1 aliphatic rings. The van der Waals surface area contributed by atoms with E-state index in [-0.39, 0.29) is 11.8 Å². The van der Waals surface area contributed by atoms with Crippen molar-refractivity contribution in [3.63, 3.8) is 0 Å². The number of sulfone groups is 1. The zero-order chi connectivity index (χ0) is 15.6. The highest BCUT2D eigenvalue weighted by atomic mass is 32.2. The molecular weight excluding hydrogens is 286 g/mol. The van der Waals surface area contributed by atoms with Crippen LogP contribution in [-0.4, -0.2) is 49.6 Å². The highest BCUT2D eigenvalue weighted by molar-refractivity contribution is 7.91. The summed E-state index contributed by atoms with van der Waals surface area (Å²) in [6, 6.07) is 6.21. The Morgan fingerprint density at radius 2 is 1.90 bits per heavy atom. The Balaban J connectivity index is 1.90. The Labute approximate surface area is 127 Å². The summed E-state index contributed by atoms with van der Waals surface area (Å²) in [5, 5.41) is 10.3. The number of aliphatic hydroxyl groups is 1. The molecule has 1 aliphatic heterocycles. The van der Waals surface area contributed by atoms with Crippen LogP contribution in [0.3, 0.4) is 0 Å². The minimum absolute atomic E-state index is 0.0986. The van der Waals surface area contributed by atoms with Crippen molar-refractivity contribution in [2.75, 3.05) is 25.1 Å². The van der Waals surface area contributed by atoms with Crippen molar-refractivity contribution in [2.24, 2.45) is 0 Å². The molecule has 1 aromatic rings. The smallest absolute Gasteiger partial charge is 0.151 e. The molecule has 0 bridgehead atoms. The molecule has 2 atom stereocenters. The van der Waals surface area contributed by atoms with Gasteiger partial charge in [0.1, 0.15) is 0 Å². The Morgan fingerprint density at radius 3 is 2.43 bits per heavy atom. The van der Waals surface area contributed by atoms with E-state index in [9.17, 15) is 13.5 Å². The van der Waals surface area contributed by atoms with Gasteiger partial charge in [0, 0.05) is 12.6 Å². The van der Waals surface area contributed by atoms with E-state index in [1.807, 2.05) is 33.0 Å². The normalized spacial score (nSPS) is 22.6. The maximum atomic E-state index is 11.5. The molecule has 2 rings (SSSR count). The van der Waals surface area contributed by atoms with E-state index in [1.165, 1.54) is 0 Å². The second kappa shape index (κ2) is 6.46. The molecule has 0 aliphatic carbocycles. The molecule has 0 spiro atoms. The molecule has 0 radical (unpaired) electrons. The molecule has 1 aromatic carbocycles.